The monoisotopic (exact) mass is 344 g/mol. The SMILES string of the molecule is c1ccc(-c2nc3cc(NCc4ccc5c(c4)OCO5)ccc3o2)cc1. The summed E-state index contributed by atoms with van der Waals surface area (Å²) in [6.45, 7) is 0.977. The van der Waals surface area contributed by atoms with Crippen molar-refractivity contribution >= 4 is 16.8 Å². The standard InChI is InChI=1S/C21H16N2O3/c1-2-4-15(5-3-1)21-23-17-11-16(7-9-18(17)26-21)22-12-14-6-8-19-20(10-14)25-13-24-19/h1-11,22H,12-13H2. The van der Waals surface area contributed by atoms with Crippen LogP contribution in [0.25, 0.3) is 22.6 Å². The lowest BCUT2D eigenvalue weighted by Gasteiger charge is -2.07. The van der Waals surface area contributed by atoms with E-state index in [1.165, 1.54) is 0 Å². The molecule has 1 aliphatic heterocycles. The molecule has 0 bridgehead atoms. The van der Waals surface area contributed by atoms with Crippen molar-refractivity contribution in [3.8, 4) is 23.0 Å². The van der Waals surface area contributed by atoms with E-state index >= 15 is 0 Å². The molecule has 0 fully saturated rings. The van der Waals surface area contributed by atoms with E-state index in [0.29, 0.717) is 19.2 Å². The summed E-state index contributed by atoms with van der Waals surface area (Å²) in [7, 11) is 0. The van der Waals surface area contributed by atoms with Crippen LogP contribution in [0.1, 0.15) is 5.56 Å². The molecule has 0 aliphatic carbocycles. The number of nitrogens with one attached hydrogen (secondary N) is 1. The van der Waals surface area contributed by atoms with E-state index in [1.54, 1.807) is 0 Å². The van der Waals surface area contributed by atoms with Gasteiger partial charge in [-0.1, -0.05) is 24.3 Å². The zero-order valence-corrected chi connectivity index (χ0v) is 13.9. The van der Waals surface area contributed by atoms with Gasteiger partial charge in [-0.3, -0.25) is 0 Å². The summed E-state index contributed by atoms with van der Waals surface area (Å²) in [6, 6.07) is 21.8. The summed E-state index contributed by atoms with van der Waals surface area (Å²) in [4.78, 5) is 4.60. The molecule has 3 aromatic carbocycles. The second kappa shape index (κ2) is 6.11. The maximum atomic E-state index is 5.85. The van der Waals surface area contributed by atoms with Crippen LogP contribution in [0.2, 0.25) is 0 Å². The lowest BCUT2D eigenvalue weighted by atomic mass is 10.2. The van der Waals surface area contributed by atoms with Gasteiger partial charge in [0.15, 0.2) is 17.1 Å². The summed E-state index contributed by atoms with van der Waals surface area (Å²) in [5.41, 5.74) is 4.69. The molecule has 5 nitrogen and oxygen atoms in total. The van der Waals surface area contributed by atoms with Crippen molar-refractivity contribution in [2.75, 3.05) is 12.1 Å². The van der Waals surface area contributed by atoms with Crippen LogP contribution >= 0.6 is 0 Å². The highest BCUT2D eigenvalue weighted by Crippen LogP contribution is 2.33. The molecule has 2 heterocycles. The molecule has 1 aliphatic rings. The Morgan fingerprint density at radius 3 is 2.69 bits per heavy atom. The highest BCUT2D eigenvalue weighted by molar-refractivity contribution is 5.80. The summed E-state index contributed by atoms with van der Waals surface area (Å²) in [5.74, 6) is 2.23. The van der Waals surface area contributed by atoms with Gasteiger partial charge in [-0.25, -0.2) is 4.98 Å². The zero-order valence-electron chi connectivity index (χ0n) is 13.9. The minimum atomic E-state index is 0.290. The molecule has 1 N–H and O–H groups in total. The average Bonchev–Trinajstić information content (AvgIpc) is 3.33. The first kappa shape index (κ1) is 14.8. The van der Waals surface area contributed by atoms with Crippen LogP contribution in [0.3, 0.4) is 0 Å². The molecule has 0 saturated carbocycles. The fraction of sp³-hybridized carbons (Fsp3) is 0.0952. The Bertz CT molecular complexity index is 1070. The minimum absolute atomic E-state index is 0.290. The number of hydrogen-bond acceptors (Lipinski definition) is 5. The lowest BCUT2D eigenvalue weighted by Crippen LogP contribution is -1.99. The molecular formula is C21H16N2O3. The van der Waals surface area contributed by atoms with Gasteiger partial charge in [-0.15, -0.1) is 0 Å². The maximum Gasteiger partial charge on any atom is 0.231 e. The van der Waals surface area contributed by atoms with Crippen molar-refractivity contribution in [2.45, 2.75) is 6.54 Å². The van der Waals surface area contributed by atoms with Crippen molar-refractivity contribution in [1.29, 1.82) is 0 Å². The van der Waals surface area contributed by atoms with Crippen LogP contribution in [-0.4, -0.2) is 11.8 Å². The van der Waals surface area contributed by atoms with Gasteiger partial charge in [0.05, 0.1) is 0 Å². The van der Waals surface area contributed by atoms with Gasteiger partial charge < -0.3 is 19.2 Å². The number of hydrogen-bond donors (Lipinski definition) is 1. The molecule has 128 valence electrons. The zero-order chi connectivity index (χ0) is 17.3. The van der Waals surface area contributed by atoms with Crippen LogP contribution in [0, 0.1) is 0 Å². The van der Waals surface area contributed by atoms with Crippen LogP contribution < -0.4 is 14.8 Å². The Morgan fingerprint density at radius 2 is 1.77 bits per heavy atom. The number of ether oxygens (including phenoxy) is 2. The van der Waals surface area contributed by atoms with Crippen molar-refractivity contribution in [1.82, 2.24) is 4.98 Å². The first-order valence-corrected chi connectivity index (χ1v) is 8.43. The van der Waals surface area contributed by atoms with Gasteiger partial charge in [0.2, 0.25) is 12.7 Å². The maximum absolute atomic E-state index is 5.85. The second-order valence-corrected chi connectivity index (χ2v) is 6.11. The molecule has 0 unspecified atom stereocenters. The van der Waals surface area contributed by atoms with Gasteiger partial charge in [0, 0.05) is 17.8 Å². The van der Waals surface area contributed by atoms with E-state index < -0.39 is 0 Å². The highest BCUT2D eigenvalue weighted by Gasteiger charge is 2.13. The molecule has 0 spiro atoms. The smallest absolute Gasteiger partial charge is 0.231 e. The van der Waals surface area contributed by atoms with E-state index in [-0.39, 0.29) is 0 Å². The average molecular weight is 344 g/mol. The number of anilines is 1. The number of fused-ring (bicyclic) bond motifs is 2. The fourth-order valence-electron chi connectivity index (χ4n) is 3.00. The fourth-order valence-corrected chi connectivity index (χ4v) is 3.00. The third-order valence-corrected chi connectivity index (χ3v) is 4.34. The van der Waals surface area contributed by atoms with E-state index in [9.17, 15) is 0 Å². The molecule has 26 heavy (non-hydrogen) atoms. The van der Waals surface area contributed by atoms with E-state index in [4.69, 9.17) is 13.9 Å². The van der Waals surface area contributed by atoms with Gasteiger partial charge in [-0.2, -0.15) is 0 Å². The predicted octanol–water partition coefficient (Wildman–Crippen LogP) is 4.84. The van der Waals surface area contributed by atoms with E-state index in [1.807, 2.05) is 66.7 Å². The van der Waals surface area contributed by atoms with Gasteiger partial charge in [-0.05, 0) is 48.0 Å². The van der Waals surface area contributed by atoms with Gasteiger partial charge in [0.1, 0.15) is 5.52 Å². The van der Waals surface area contributed by atoms with E-state index in [0.717, 1.165) is 39.4 Å². The molecule has 0 saturated heterocycles. The number of oxazole rings is 1. The van der Waals surface area contributed by atoms with Crippen LogP contribution in [0.15, 0.2) is 71.1 Å². The van der Waals surface area contributed by atoms with Crippen molar-refractivity contribution in [3.63, 3.8) is 0 Å². The number of rotatable bonds is 4. The molecule has 1 aromatic heterocycles. The van der Waals surface area contributed by atoms with E-state index in [2.05, 4.69) is 10.3 Å². The predicted molar refractivity (Wildman–Crippen MR) is 99.3 cm³/mol. The molecule has 0 radical (unpaired) electrons. The third-order valence-electron chi connectivity index (χ3n) is 4.34. The number of nitrogens with zero attached hydrogens (tertiary/aromatic N) is 1. The van der Waals surface area contributed by atoms with Crippen molar-refractivity contribution < 1.29 is 13.9 Å². The molecular weight excluding hydrogens is 328 g/mol. The third kappa shape index (κ3) is 2.73. The molecule has 4 aromatic rings. The second-order valence-electron chi connectivity index (χ2n) is 6.11. The summed E-state index contributed by atoms with van der Waals surface area (Å²) in [6.07, 6.45) is 0. The van der Waals surface area contributed by atoms with Crippen LogP contribution in [0.4, 0.5) is 5.69 Å². The minimum Gasteiger partial charge on any atom is -0.454 e. The molecule has 0 atom stereocenters. The van der Waals surface area contributed by atoms with Crippen molar-refractivity contribution in [3.05, 3.63) is 72.3 Å². The molecule has 5 rings (SSSR count). The first-order chi connectivity index (χ1) is 12.8. The molecule has 5 heteroatoms. The largest absolute Gasteiger partial charge is 0.454 e. The highest BCUT2D eigenvalue weighted by atomic mass is 16.7. The summed E-state index contributed by atoms with van der Waals surface area (Å²) >= 11 is 0. The quantitative estimate of drug-likeness (QED) is 0.574. The Balaban J connectivity index is 1.36. The van der Waals surface area contributed by atoms with Gasteiger partial charge >= 0.3 is 0 Å². The van der Waals surface area contributed by atoms with Gasteiger partial charge in [0.25, 0.3) is 0 Å². The first-order valence-electron chi connectivity index (χ1n) is 8.43. The summed E-state index contributed by atoms with van der Waals surface area (Å²) < 4.78 is 16.6. The normalized spacial score (nSPS) is 12.5. The Labute approximate surface area is 150 Å². The Hall–Kier alpha value is -3.47. The number of benzene rings is 3. The summed E-state index contributed by atoms with van der Waals surface area (Å²) in [5, 5.41) is 3.42. The van der Waals surface area contributed by atoms with Crippen molar-refractivity contribution in [2.24, 2.45) is 0 Å². The topological polar surface area (TPSA) is 56.5 Å². The number of aromatic nitrogens is 1. The van der Waals surface area contributed by atoms with Crippen LogP contribution in [-0.2, 0) is 6.54 Å². The molecule has 0 amide bonds. The van der Waals surface area contributed by atoms with Crippen LogP contribution in [0.5, 0.6) is 11.5 Å². The Kier molecular flexibility index (Phi) is 3.49. The lowest BCUT2D eigenvalue weighted by molar-refractivity contribution is 0.174. The Morgan fingerprint density at radius 1 is 0.885 bits per heavy atom.